The summed E-state index contributed by atoms with van der Waals surface area (Å²) in [5.41, 5.74) is 4.60. The van der Waals surface area contributed by atoms with E-state index in [1.165, 1.54) is 12.1 Å². The Kier molecular flexibility index (Phi) is 4.98. The third-order valence-corrected chi connectivity index (χ3v) is 5.74. The van der Waals surface area contributed by atoms with E-state index in [1.54, 1.807) is 12.1 Å². The quantitative estimate of drug-likeness (QED) is 0.313. The van der Waals surface area contributed by atoms with Crippen LogP contribution in [0.2, 0.25) is 0 Å². The molecule has 0 aliphatic carbocycles. The first-order valence-electron chi connectivity index (χ1n) is 8.79. The van der Waals surface area contributed by atoms with E-state index in [4.69, 9.17) is 4.52 Å². The fourth-order valence-corrected chi connectivity index (χ4v) is 3.23. The summed E-state index contributed by atoms with van der Waals surface area (Å²) < 4.78 is 8.34. The van der Waals surface area contributed by atoms with Gasteiger partial charge in [-0.05, 0) is 59.6 Å². The van der Waals surface area contributed by atoms with Crippen molar-refractivity contribution in [3.8, 4) is 22.8 Å². The fraction of sp³-hybridized carbons (Fsp3) is 0.150. The SMILES string of the molecule is Cc1nn(Cc2ccc(-c3nc(-c4ccc([N+](=O)[O-])cc4)no3)cc2)c(C)c1Br. The molecule has 0 saturated heterocycles. The van der Waals surface area contributed by atoms with Crippen molar-refractivity contribution in [2.45, 2.75) is 20.4 Å². The average molecular weight is 454 g/mol. The van der Waals surface area contributed by atoms with Gasteiger partial charge in [-0.25, -0.2) is 0 Å². The van der Waals surface area contributed by atoms with E-state index in [-0.39, 0.29) is 5.69 Å². The van der Waals surface area contributed by atoms with Crippen LogP contribution in [0.1, 0.15) is 17.0 Å². The third-order valence-electron chi connectivity index (χ3n) is 4.59. The van der Waals surface area contributed by atoms with Crippen molar-refractivity contribution in [2.24, 2.45) is 0 Å². The van der Waals surface area contributed by atoms with Gasteiger partial charge in [0.15, 0.2) is 0 Å². The molecule has 0 unspecified atom stereocenters. The molecule has 9 heteroatoms. The fourth-order valence-electron chi connectivity index (χ4n) is 2.94. The molecule has 0 atom stereocenters. The Morgan fingerprint density at radius 3 is 2.31 bits per heavy atom. The van der Waals surface area contributed by atoms with Gasteiger partial charge in [-0.3, -0.25) is 14.8 Å². The van der Waals surface area contributed by atoms with Gasteiger partial charge in [-0.1, -0.05) is 17.3 Å². The molecule has 2 aromatic carbocycles. The van der Waals surface area contributed by atoms with Gasteiger partial charge in [0.2, 0.25) is 5.82 Å². The molecule has 8 nitrogen and oxygen atoms in total. The molecule has 0 aliphatic heterocycles. The van der Waals surface area contributed by atoms with Crippen molar-refractivity contribution in [2.75, 3.05) is 0 Å². The Labute approximate surface area is 174 Å². The Hall–Kier alpha value is -3.33. The summed E-state index contributed by atoms with van der Waals surface area (Å²) >= 11 is 3.54. The Morgan fingerprint density at radius 1 is 1.07 bits per heavy atom. The van der Waals surface area contributed by atoms with Crippen LogP contribution in [-0.2, 0) is 6.54 Å². The molecule has 4 aromatic rings. The maximum atomic E-state index is 10.8. The van der Waals surface area contributed by atoms with E-state index < -0.39 is 4.92 Å². The average Bonchev–Trinajstić information content (AvgIpc) is 3.31. The zero-order chi connectivity index (χ0) is 20.5. The number of non-ortho nitro benzene ring substituents is 1. The van der Waals surface area contributed by atoms with E-state index in [1.807, 2.05) is 42.8 Å². The van der Waals surface area contributed by atoms with Gasteiger partial charge in [-0.15, -0.1) is 0 Å². The molecule has 2 aromatic heterocycles. The molecule has 0 spiro atoms. The molecule has 0 fully saturated rings. The van der Waals surface area contributed by atoms with Crippen molar-refractivity contribution in [3.63, 3.8) is 0 Å². The normalized spacial score (nSPS) is 11.0. The number of halogens is 1. The molecule has 0 N–H and O–H groups in total. The lowest BCUT2D eigenvalue weighted by molar-refractivity contribution is -0.384. The summed E-state index contributed by atoms with van der Waals surface area (Å²) in [6.07, 6.45) is 0. The van der Waals surface area contributed by atoms with Crippen LogP contribution in [0.4, 0.5) is 5.69 Å². The van der Waals surface area contributed by atoms with Gasteiger partial charge >= 0.3 is 0 Å². The van der Waals surface area contributed by atoms with E-state index in [0.717, 1.165) is 27.0 Å². The molecule has 0 saturated carbocycles. The number of nitrogens with zero attached hydrogens (tertiary/aromatic N) is 5. The summed E-state index contributed by atoms with van der Waals surface area (Å²) in [7, 11) is 0. The van der Waals surface area contributed by atoms with Gasteiger partial charge in [0.25, 0.3) is 11.6 Å². The van der Waals surface area contributed by atoms with E-state index in [0.29, 0.717) is 23.8 Å². The van der Waals surface area contributed by atoms with Crippen LogP contribution in [0.3, 0.4) is 0 Å². The van der Waals surface area contributed by atoms with Gasteiger partial charge in [0.1, 0.15) is 0 Å². The Balaban J connectivity index is 1.52. The van der Waals surface area contributed by atoms with Crippen molar-refractivity contribution in [1.29, 1.82) is 0 Å². The molecule has 0 radical (unpaired) electrons. The van der Waals surface area contributed by atoms with Gasteiger partial charge < -0.3 is 4.52 Å². The number of rotatable bonds is 5. The van der Waals surface area contributed by atoms with Crippen LogP contribution in [0, 0.1) is 24.0 Å². The van der Waals surface area contributed by atoms with Crippen LogP contribution >= 0.6 is 15.9 Å². The van der Waals surface area contributed by atoms with E-state index in [2.05, 4.69) is 31.2 Å². The predicted octanol–water partition coefficient (Wildman–Crippen LogP) is 4.94. The topological polar surface area (TPSA) is 99.9 Å². The largest absolute Gasteiger partial charge is 0.334 e. The Morgan fingerprint density at radius 2 is 1.72 bits per heavy atom. The molecule has 146 valence electrons. The lowest BCUT2D eigenvalue weighted by atomic mass is 10.1. The first-order chi connectivity index (χ1) is 13.9. The maximum Gasteiger partial charge on any atom is 0.269 e. The van der Waals surface area contributed by atoms with Crippen molar-refractivity contribution < 1.29 is 9.45 Å². The molecular weight excluding hydrogens is 438 g/mol. The summed E-state index contributed by atoms with van der Waals surface area (Å²) in [5.74, 6) is 0.769. The highest BCUT2D eigenvalue weighted by Gasteiger charge is 2.13. The first-order valence-corrected chi connectivity index (χ1v) is 9.59. The number of aryl methyl sites for hydroxylation is 1. The number of aromatic nitrogens is 4. The highest BCUT2D eigenvalue weighted by molar-refractivity contribution is 9.10. The summed E-state index contributed by atoms with van der Waals surface area (Å²) in [5, 5.41) is 19.3. The second kappa shape index (κ2) is 7.59. The van der Waals surface area contributed by atoms with Crippen molar-refractivity contribution >= 4 is 21.6 Å². The van der Waals surface area contributed by atoms with Gasteiger partial charge in [0.05, 0.1) is 27.3 Å². The summed E-state index contributed by atoms with van der Waals surface area (Å²) in [6, 6.07) is 13.9. The van der Waals surface area contributed by atoms with Crippen molar-refractivity contribution in [3.05, 3.63) is 80.1 Å². The zero-order valence-electron chi connectivity index (χ0n) is 15.7. The second-order valence-electron chi connectivity index (χ2n) is 6.57. The lowest BCUT2D eigenvalue weighted by Gasteiger charge is -2.05. The van der Waals surface area contributed by atoms with Crippen LogP contribution in [-0.4, -0.2) is 24.8 Å². The summed E-state index contributed by atoms with van der Waals surface area (Å²) in [4.78, 5) is 14.7. The molecule has 0 bridgehead atoms. The van der Waals surface area contributed by atoms with E-state index >= 15 is 0 Å². The molecular formula is C20H16BrN5O3. The number of benzene rings is 2. The molecule has 0 aliphatic rings. The first kappa shape index (κ1) is 19.0. The monoisotopic (exact) mass is 453 g/mol. The zero-order valence-corrected chi connectivity index (χ0v) is 17.3. The minimum absolute atomic E-state index is 0.0164. The third kappa shape index (κ3) is 3.81. The molecule has 4 rings (SSSR count). The molecule has 29 heavy (non-hydrogen) atoms. The number of hydrogen-bond donors (Lipinski definition) is 0. The lowest BCUT2D eigenvalue weighted by Crippen LogP contribution is -2.03. The van der Waals surface area contributed by atoms with Crippen LogP contribution in [0.25, 0.3) is 22.8 Å². The molecule has 2 heterocycles. The highest BCUT2D eigenvalue weighted by Crippen LogP contribution is 2.25. The van der Waals surface area contributed by atoms with Gasteiger partial charge in [0, 0.05) is 23.3 Å². The number of hydrogen-bond acceptors (Lipinski definition) is 6. The number of nitro benzene ring substituents is 1. The highest BCUT2D eigenvalue weighted by atomic mass is 79.9. The standard InChI is InChI=1S/C20H16BrN5O3/c1-12-18(21)13(2)25(23-12)11-14-3-5-16(6-4-14)20-22-19(24-29-20)15-7-9-17(10-8-15)26(27)28/h3-10H,11H2,1-2H3. The minimum atomic E-state index is -0.447. The Bertz CT molecular complexity index is 1180. The minimum Gasteiger partial charge on any atom is -0.334 e. The van der Waals surface area contributed by atoms with Crippen LogP contribution in [0.5, 0.6) is 0 Å². The number of nitro groups is 1. The van der Waals surface area contributed by atoms with Crippen molar-refractivity contribution in [1.82, 2.24) is 19.9 Å². The maximum absolute atomic E-state index is 10.8. The summed E-state index contributed by atoms with van der Waals surface area (Å²) in [6.45, 7) is 4.65. The van der Waals surface area contributed by atoms with Crippen LogP contribution in [0.15, 0.2) is 57.5 Å². The predicted molar refractivity (Wildman–Crippen MR) is 110 cm³/mol. The molecule has 0 amide bonds. The van der Waals surface area contributed by atoms with Gasteiger partial charge in [-0.2, -0.15) is 10.1 Å². The smallest absolute Gasteiger partial charge is 0.269 e. The second-order valence-corrected chi connectivity index (χ2v) is 7.36. The van der Waals surface area contributed by atoms with E-state index in [9.17, 15) is 10.1 Å². The van der Waals surface area contributed by atoms with Crippen LogP contribution < -0.4 is 0 Å².